The molecule has 4 rings (SSSR count). The molecular formula is C30H37N2O3S+. The minimum Gasteiger partial charge on any atom is -0.303 e. The molecule has 0 saturated carbocycles. The smallest absolute Gasteiger partial charge is 0.294 e. The summed E-state index contributed by atoms with van der Waals surface area (Å²) in [5.41, 5.74) is 4.91. The maximum atomic E-state index is 11.6. The summed E-state index contributed by atoms with van der Waals surface area (Å²) in [5.74, 6) is 0.946. The van der Waals surface area contributed by atoms with Crippen LogP contribution < -0.4 is 5.32 Å². The number of nitrogens with one attached hydrogen (secondary N) is 1. The molecule has 2 aliphatic rings. The predicted molar refractivity (Wildman–Crippen MR) is 145 cm³/mol. The Morgan fingerprint density at radius 3 is 2.31 bits per heavy atom. The van der Waals surface area contributed by atoms with Crippen LogP contribution in [0.1, 0.15) is 56.1 Å². The molecule has 0 aromatic heterocycles. The Bertz CT molecular complexity index is 1190. The van der Waals surface area contributed by atoms with Crippen LogP contribution in [0.2, 0.25) is 0 Å². The molecule has 1 saturated heterocycles. The Labute approximate surface area is 216 Å². The van der Waals surface area contributed by atoms with Crippen molar-refractivity contribution in [1.29, 1.82) is 0 Å². The van der Waals surface area contributed by atoms with Gasteiger partial charge in [0, 0.05) is 31.8 Å². The highest BCUT2D eigenvalue weighted by Gasteiger charge is 2.26. The van der Waals surface area contributed by atoms with Gasteiger partial charge in [-0.1, -0.05) is 56.3 Å². The average molecular weight is 506 g/mol. The number of rotatable bonds is 11. The van der Waals surface area contributed by atoms with Crippen LogP contribution in [-0.2, 0) is 10.1 Å². The van der Waals surface area contributed by atoms with E-state index in [0.717, 1.165) is 51.1 Å². The van der Waals surface area contributed by atoms with E-state index in [1.165, 1.54) is 28.8 Å². The molecule has 0 bridgehead atoms. The summed E-state index contributed by atoms with van der Waals surface area (Å²) in [6.07, 6.45) is 13.0. The van der Waals surface area contributed by atoms with E-state index in [2.05, 4.69) is 72.6 Å². The third-order valence-corrected chi connectivity index (χ3v) is 8.27. The van der Waals surface area contributed by atoms with Gasteiger partial charge in [-0.05, 0) is 54.4 Å². The SMILES string of the molecule is CCC(CC(CC(C)C1=[C+]C=C(CN2CCNC2)C=C1)c1ccc(S(=O)(=O)O)cc1)c1ccccc1. The fraction of sp³-hybridized carbons (Fsp3) is 0.400. The van der Waals surface area contributed by atoms with Crippen molar-refractivity contribution in [1.82, 2.24) is 10.2 Å². The monoisotopic (exact) mass is 505 g/mol. The summed E-state index contributed by atoms with van der Waals surface area (Å²) in [7, 11) is -4.21. The maximum Gasteiger partial charge on any atom is 0.294 e. The Hall–Kier alpha value is -2.60. The van der Waals surface area contributed by atoms with Crippen molar-refractivity contribution in [2.24, 2.45) is 5.92 Å². The zero-order chi connectivity index (χ0) is 25.5. The van der Waals surface area contributed by atoms with Gasteiger partial charge < -0.3 is 5.32 Å². The highest BCUT2D eigenvalue weighted by Crippen LogP contribution is 2.38. The molecule has 3 atom stereocenters. The van der Waals surface area contributed by atoms with Gasteiger partial charge in [0.05, 0.1) is 29.2 Å². The molecule has 0 spiro atoms. The van der Waals surface area contributed by atoms with Gasteiger partial charge in [-0.2, -0.15) is 8.42 Å². The third kappa shape index (κ3) is 7.00. The van der Waals surface area contributed by atoms with Crippen LogP contribution in [0.4, 0.5) is 0 Å². The second-order valence-electron chi connectivity index (χ2n) is 9.99. The van der Waals surface area contributed by atoms with Crippen LogP contribution in [0.15, 0.2) is 88.9 Å². The van der Waals surface area contributed by atoms with Crippen molar-refractivity contribution >= 4 is 10.1 Å². The Morgan fingerprint density at radius 2 is 1.72 bits per heavy atom. The van der Waals surface area contributed by atoms with Gasteiger partial charge >= 0.3 is 0 Å². The van der Waals surface area contributed by atoms with Gasteiger partial charge in [0.25, 0.3) is 10.1 Å². The Morgan fingerprint density at radius 1 is 1.00 bits per heavy atom. The molecule has 2 aromatic carbocycles. The number of hydrogen-bond donors (Lipinski definition) is 2. The summed E-state index contributed by atoms with van der Waals surface area (Å²) >= 11 is 0. The average Bonchev–Trinajstić information content (AvgIpc) is 3.40. The van der Waals surface area contributed by atoms with Crippen molar-refractivity contribution in [2.75, 3.05) is 26.3 Å². The van der Waals surface area contributed by atoms with E-state index in [0.29, 0.717) is 11.8 Å². The van der Waals surface area contributed by atoms with Gasteiger partial charge in [0.15, 0.2) is 0 Å². The van der Waals surface area contributed by atoms with E-state index >= 15 is 0 Å². The standard InChI is InChI=1S/C30H36N2O3S/c1-3-25(27-7-5-4-6-8-27)20-29(28-13-15-30(16-14-28)36(33,34)35)19-23(2)26-11-9-24(10-12-26)21-32-18-17-31-22-32/h4-11,13-16,23,25,29,31H,3,17-22H2,1-2H3/p+1. The maximum absolute atomic E-state index is 11.6. The van der Waals surface area contributed by atoms with Crippen LogP contribution in [0.25, 0.3) is 0 Å². The molecule has 1 aliphatic carbocycles. The first-order valence-electron chi connectivity index (χ1n) is 12.9. The summed E-state index contributed by atoms with van der Waals surface area (Å²) in [5, 5.41) is 3.37. The molecule has 5 nitrogen and oxygen atoms in total. The van der Waals surface area contributed by atoms with Crippen LogP contribution in [0, 0.1) is 12.0 Å². The molecule has 1 heterocycles. The van der Waals surface area contributed by atoms with Crippen LogP contribution in [-0.4, -0.2) is 44.2 Å². The first-order chi connectivity index (χ1) is 17.3. The molecular weight excluding hydrogens is 468 g/mol. The zero-order valence-electron chi connectivity index (χ0n) is 21.2. The van der Waals surface area contributed by atoms with Gasteiger partial charge in [0.2, 0.25) is 0 Å². The highest BCUT2D eigenvalue weighted by atomic mass is 32.2. The molecule has 6 heteroatoms. The summed E-state index contributed by atoms with van der Waals surface area (Å²) in [4.78, 5) is 2.33. The van der Waals surface area contributed by atoms with Crippen LogP contribution in [0.5, 0.6) is 0 Å². The Kier molecular flexibility index (Phi) is 8.89. The topological polar surface area (TPSA) is 69.6 Å². The zero-order valence-corrected chi connectivity index (χ0v) is 22.0. The third-order valence-electron chi connectivity index (χ3n) is 7.40. The van der Waals surface area contributed by atoms with Gasteiger partial charge in [-0.15, -0.1) is 0 Å². The quantitative estimate of drug-likeness (QED) is 0.302. The van der Waals surface area contributed by atoms with E-state index in [1.54, 1.807) is 0 Å². The van der Waals surface area contributed by atoms with E-state index in [-0.39, 0.29) is 10.8 Å². The molecule has 190 valence electrons. The molecule has 36 heavy (non-hydrogen) atoms. The lowest BCUT2D eigenvalue weighted by molar-refractivity contribution is 0.366. The number of nitrogens with zero attached hydrogens (tertiary/aromatic N) is 1. The van der Waals surface area contributed by atoms with Crippen molar-refractivity contribution < 1.29 is 13.0 Å². The van der Waals surface area contributed by atoms with Crippen molar-refractivity contribution in [3.05, 3.63) is 101 Å². The lowest BCUT2D eigenvalue weighted by atomic mass is 9.78. The predicted octanol–water partition coefficient (Wildman–Crippen LogP) is 5.72. The van der Waals surface area contributed by atoms with Gasteiger partial charge in [-0.3, -0.25) is 9.45 Å². The first kappa shape index (κ1) is 26.5. The number of benzene rings is 2. The van der Waals surface area contributed by atoms with Crippen LogP contribution >= 0.6 is 0 Å². The molecule has 2 aromatic rings. The number of allylic oxidation sites excluding steroid dienone is 4. The summed E-state index contributed by atoms with van der Waals surface area (Å²) in [6, 6.07) is 17.3. The van der Waals surface area contributed by atoms with Crippen LogP contribution in [0.3, 0.4) is 0 Å². The molecule has 2 N–H and O–H groups in total. The second-order valence-corrected chi connectivity index (χ2v) is 11.4. The van der Waals surface area contributed by atoms with E-state index < -0.39 is 10.1 Å². The van der Waals surface area contributed by atoms with E-state index in [1.807, 2.05) is 18.2 Å². The summed E-state index contributed by atoms with van der Waals surface area (Å²) in [6.45, 7) is 8.48. The molecule has 3 unspecified atom stereocenters. The van der Waals surface area contributed by atoms with Crippen molar-refractivity contribution in [2.45, 2.75) is 49.8 Å². The lowest BCUT2D eigenvalue weighted by Gasteiger charge is -2.26. The van der Waals surface area contributed by atoms with E-state index in [4.69, 9.17) is 0 Å². The van der Waals surface area contributed by atoms with Crippen molar-refractivity contribution in [3.8, 4) is 0 Å². The lowest BCUT2D eigenvalue weighted by Crippen LogP contribution is -2.24. The molecule has 0 amide bonds. The first-order valence-corrected chi connectivity index (χ1v) is 14.3. The minimum atomic E-state index is -4.21. The van der Waals surface area contributed by atoms with E-state index in [9.17, 15) is 13.0 Å². The fourth-order valence-electron chi connectivity index (χ4n) is 5.26. The highest BCUT2D eigenvalue weighted by molar-refractivity contribution is 7.85. The largest absolute Gasteiger partial charge is 0.303 e. The molecule has 1 fully saturated rings. The summed E-state index contributed by atoms with van der Waals surface area (Å²) < 4.78 is 32.6. The fourth-order valence-corrected chi connectivity index (χ4v) is 5.74. The number of hydrogen-bond acceptors (Lipinski definition) is 4. The van der Waals surface area contributed by atoms with Crippen molar-refractivity contribution in [3.63, 3.8) is 0 Å². The molecule has 1 aliphatic heterocycles. The van der Waals surface area contributed by atoms with Gasteiger partial charge in [0.1, 0.15) is 11.6 Å². The molecule has 0 radical (unpaired) electrons. The van der Waals surface area contributed by atoms with Gasteiger partial charge in [-0.25, -0.2) is 0 Å². The second kappa shape index (κ2) is 12.1. The minimum absolute atomic E-state index is 0.0646. The normalized spacial score (nSPS) is 18.8. The Balaban J connectivity index is 1.52.